The van der Waals surface area contributed by atoms with Gasteiger partial charge in [-0.1, -0.05) is 30.3 Å². The van der Waals surface area contributed by atoms with Gasteiger partial charge in [-0.3, -0.25) is 14.6 Å². The number of anilines is 1. The van der Waals surface area contributed by atoms with E-state index in [-0.39, 0.29) is 18.5 Å². The van der Waals surface area contributed by atoms with E-state index in [1.807, 2.05) is 42.2 Å². The van der Waals surface area contributed by atoms with E-state index in [9.17, 15) is 9.59 Å². The summed E-state index contributed by atoms with van der Waals surface area (Å²) in [6.07, 6.45) is 0. The third-order valence-electron chi connectivity index (χ3n) is 5.85. The van der Waals surface area contributed by atoms with Crippen LogP contribution in [0, 0.1) is 0 Å². The van der Waals surface area contributed by atoms with Crippen LogP contribution < -0.4 is 9.64 Å². The molecule has 0 radical (unpaired) electrons. The van der Waals surface area contributed by atoms with E-state index in [2.05, 4.69) is 29.2 Å². The van der Waals surface area contributed by atoms with Crippen molar-refractivity contribution in [1.82, 2.24) is 14.7 Å². The molecule has 4 rings (SSSR count). The van der Waals surface area contributed by atoms with Crippen LogP contribution in [0.1, 0.15) is 12.5 Å². The topological polar surface area (TPSA) is 56.3 Å². The molecule has 2 fully saturated rings. The molecular weight excluding hydrogens is 392 g/mol. The number of carbonyl (C=O) groups is 2. The summed E-state index contributed by atoms with van der Waals surface area (Å²) < 4.78 is 5.46. The molecule has 2 saturated heterocycles. The van der Waals surface area contributed by atoms with Crippen molar-refractivity contribution in [3.63, 3.8) is 0 Å². The second-order valence-corrected chi connectivity index (χ2v) is 7.93. The van der Waals surface area contributed by atoms with Gasteiger partial charge in [-0.25, -0.2) is 4.79 Å². The lowest BCUT2D eigenvalue weighted by atomic mass is 10.2. The molecule has 0 atom stereocenters. The van der Waals surface area contributed by atoms with Gasteiger partial charge in [-0.05, 0) is 36.8 Å². The van der Waals surface area contributed by atoms with Crippen LogP contribution in [0.4, 0.5) is 10.5 Å². The smallest absolute Gasteiger partial charge is 0.325 e. The molecule has 2 aromatic carbocycles. The molecule has 2 aromatic rings. The maximum Gasteiger partial charge on any atom is 0.325 e. The molecule has 2 heterocycles. The van der Waals surface area contributed by atoms with Crippen molar-refractivity contribution in [2.75, 3.05) is 57.3 Å². The van der Waals surface area contributed by atoms with Gasteiger partial charge in [0.1, 0.15) is 12.3 Å². The normalized spacial score (nSPS) is 17.3. The molecule has 2 aliphatic rings. The Morgan fingerprint density at radius 2 is 1.61 bits per heavy atom. The van der Waals surface area contributed by atoms with Crippen molar-refractivity contribution in [3.05, 3.63) is 60.2 Å². The quantitative estimate of drug-likeness (QED) is 0.689. The van der Waals surface area contributed by atoms with Crippen LogP contribution in [-0.2, 0) is 11.3 Å². The first-order valence-electron chi connectivity index (χ1n) is 11.0. The molecule has 0 aromatic heterocycles. The minimum absolute atomic E-state index is 0.0289. The van der Waals surface area contributed by atoms with Crippen LogP contribution in [0.5, 0.6) is 5.75 Å². The minimum atomic E-state index is -0.111. The zero-order chi connectivity index (χ0) is 21.6. The molecule has 0 unspecified atom stereocenters. The van der Waals surface area contributed by atoms with Crippen molar-refractivity contribution in [3.8, 4) is 5.75 Å². The van der Waals surface area contributed by atoms with Crippen LogP contribution >= 0.6 is 0 Å². The largest absolute Gasteiger partial charge is 0.494 e. The second-order valence-electron chi connectivity index (χ2n) is 7.93. The van der Waals surface area contributed by atoms with Gasteiger partial charge in [-0.15, -0.1) is 0 Å². The van der Waals surface area contributed by atoms with Crippen LogP contribution in [0.25, 0.3) is 0 Å². The molecule has 0 spiro atoms. The molecule has 2 aliphatic heterocycles. The molecular formula is C24H30N4O3. The van der Waals surface area contributed by atoms with Gasteiger partial charge in [-0.2, -0.15) is 0 Å². The number of rotatable bonds is 7. The fourth-order valence-electron chi connectivity index (χ4n) is 4.12. The highest BCUT2D eigenvalue weighted by atomic mass is 16.5. The van der Waals surface area contributed by atoms with Gasteiger partial charge in [0.25, 0.3) is 0 Å². The third kappa shape index (κ3) is 5.17. The van der Waals surface area contributed by atoms with Gasteiger partial charge in [0.15, 0.2) is 0 Å². The van der Waals surface area contributed by atoms with Crippen LogP contribution in [0.2, 0.25) is 0 Å². The number of carbonyl (C=O) groups excluding carboxylic acids is 2. The Hall–Kier alpha value is -3.06. The summed E-state index contributed by atoms with van der Waals surface area (Å²) in [5.41, 5.74) is 2.12. The molecule has 164 valence electrons. The van der Waals surface area contributed by atoms with Crippen molar-refractivity contribution in [2.45, 2.75) is 13.5 Å². The Bertz CT molecular complexity index is 879. The zero-order valence-electron chi connectivity index (χ0n) is 18.1. The molecule has 0 aliphatic carbocycles. The first-order valence-corrected chi connectivity index (χ1v) is 11.0. The van der Waals surface area contributed by atoms with Crippen LogP contribution in [0.15, 0.2) is 54.6 Å². The Morgan fingerprint density at radius 1 is 0.903 bits per heavy atom. The van der Waals surface area contributed by atoms with Crippen molar-refractivity contribution < 1.29 is 14.3 Å². The zero-order valence-corrected chi connectivity index (χ0v) is 18.1. The number of hydrogen-bond donors (Lipinski definition) is 0. The van der Waals surface area contributed by atoms with Gasteiger partial charge in [0.05, 0.1) is 6.61 Å². The Balaban J connectivity index is 1.26. The number of hydrogen-bond acceptors (Lipinski definition) is 4. The number of benzene rings is 2. The summed E-state index contributed by atoms with van der Waals surface area (Å²) >= 11 is 0. The predicted molar refractivity (Wildman–Crippen MR) is 120 cm³/mol. The number of ether oxygens (including phenoxy) is 1. The standard InChI is InChI=1S/C24H30N4O3/c1-2-31-22-10-8-21(9-11-22)28-17-16-27(24(28)30)19-23(29)26-14-12-25(13-15-26)18-20-6-4-3-5-7-20/h3-11H,2,12-19H2,1H3. The predicted octanol–water partition coefficient (Wildman–Crippen LogP) is 2.67. The van der Waals surface area contributed by atoms with Crippen molar-refractivity contribution >= 4 is 17.6 Å². The SMILES string of the molecule is CCOc1ccc(N2CCN(CC(=O)N3CCN(Cc4ccccc4)CC3)C2=O)cc1. The van der Waals surface area contributed by atoms with Crippen LogP contribution in [-0.4, -0.2) is 79.1 Å². The number of nitrogens with zero attached hydrogens (tertiary/aromatic N) is 4. The average molecular weight is 423 g/mol. The molecule has 31 heavy (non-hydrogen) atoms. The fourth-order valence-corrected chi connectivity index (χ4v) is 4.12. The third-order valence-corrected chi connectivity index (χ3v) is 5.85. The Morgan fingerprint density at radius 3 is 2.29 bits per heavy atom. The maximum atomic E-state index is 12.8. The van der Waals surface area contributed by atoms with Gasteiger partial charge >= 0.3 is 6.03 Å². The number of piperazine rings is 1. The highest BCUT2D eigenvalue weighted by Crippen LogP contribution is 2.23. The molecule has 0 saturated carbocycles. The molecule has 0 bridgehead atoms. The van der Waals surface area contributed by atoms with Crippen LogP contribution in [0.3, 0.4) is 0 Å². The summed E-state index contributed by atoms with van der Waals surface area (Å²) in [7, 11) is 0. The van der Waals surface area contributed by atoms with E-state index in [0.29, 0.717) is 32.8 Å². The van der Waals surface area contributed by atoms with Gasteiger partial charge in [0, 0.05) is 51.5 Å². The summed E-state index contributed by atoms with van der Waals surface area (Å²) in [4.78, 5) is 33.3. The van der Waals surface area contributed by atoms with E-state index in [0.717, 1.165) is 31.1 Å². The highest BCUT2D eigenvalue weighted by Gasteiger charge is 2.32. The lowest BCUT2D eigenvalue weighted by molar-refractivity contribution is -0.133. The first kappa shape index (κ1) is 21.2. The van der Waals surface area contributed by atoms with E-state index in [1.54, 1.807) is 9.80 Å². The van der Waals surface area contributed by atoms with Gasteiger partial charge in [0.2, 0.25) is 5.91 Å². The summed E-state index contributed by atoms with van der Waals surface area (Å²) in [5.74, 6) is 0.817. The maximum absolute atomic E-state index is 12.8. The monoisotopic (exact) mass is 422 g/mol. The lowest BCUT2D eigenvalue weighted by Crippen LogP contribution is -2.51. The lowest BCUT2D eigenvalue weighted by Gasteiger charge is -2.35. The van der Waals surface area contributed by atoms with E-state index < -0.39 is 0 Å². The second kappa shape index (κ2) is 9.83. The molecule has 0 N–H and O–H groups in total. The van der Waals surface area contributed by atoms with Crippen molar-refractivity contribution in [1.29, 1.82) is 0 Å². The van der Waals surface area contributed by atoms with E-state index in [4.69, 9.17) is 4.74 Å². The fraction of sp³-hybridized carbons (Fsp3) is 0.417. The Labute approximate surface area is 183 Å². The minimum Gasteiger partial charge on any atom is -0.494 e. The first-order chi connectivity index (χ1) is 15.1. The number of urea groups is 1. The van der Waals surface area contributed by atoms with E-state index in [1.165, 1.54) is 5.56 Å². The molecule has 7 heteroatoms. The van der Waals surface area contributed by atoms with E-state index >= 15 is 0 Å². The summed E-state index contributed by atoms with van der Waals surface area (Å²) in [6.45, 7) is 7.87. The molecule has 7 nitrogen and oxygen atoms in total. The Kier molecular flexibility index (Phi) is 6.72. The summed E-state index contributed by atoms with van der Waals surface area (Å²) in [5, 5.41) is 0. The highest BCUT2D eigenvalue weighted by molar-refractivity contribution is 5.96. The summed E-state index contributed by atoms with van der Waals surface area (Å²) in [6, 6.07) is 17.8. The number of amides is 3. The van der Waals surface area contributed by atoms with Crippen molar-refractivity contribution in [2.24, 2.45) is 0 Å². The average Bonchev–Trinajstić information content (AvgIpc) is 3.16. The molecule has 3 amide bonds. The van der Waals surface area contributed by atoms with Gasteiger partial charge < -0.3 is 14.5 Å².